The molecule has 0 aliphatic carbocycles. The van der Waals surface area contributed by atoms with Gasteiger partial charge in [0.25, 0.3) is 11.7 Å². The molecule has 1 aromatic carbocycles. The minimum Gasteiger partial charge on any atom is -0.507 e. The van der Waals surface area contributed by atoms with Gasteiger partial charge >= 0.3 is 0 Å². The lowest BCUT2D eigenvalue weighted by Crippen LogP contribution is -2.33. The van der Waals surface area contributed by atoms with E-state index in [4.69, 9.17) is 4.74 Å². The summed E-state index contributed by atoms with van der Waals surface area (Å²) in [5.41, 5.74) is 1.28. The molecule has 170 valence electrons. The van der Waals surface area contributed by atoms with Crippen LogP contribution in [0.1, 0.15) is 44.4 Å². The maximum absolute atomic E-state index is 13.1. The standard InChI is InChI=1S/C25H31N3O4/c1-4-27(5-2)15-8-16-28-22(19-9-7-10-20(17-19)32-6-3)21(24(30)25(28)31)23(29)18-11-13-26-14-12-18/h7,9-14,17,22,29H,4-6,8,15-16H2,1-3H3/b23-21+. The van der Waals surface area contributed by atoms with E-state index < -0.39 is 17.7 Å². The van der Waals surface area contributed by atoms with Gasteiger partial charge in [0.1, 0.15) is 11.5 Å². The maximum atomic E-state index is 13.1. The molecule has 1 aliphatic rings. The van der Waals surface area contributed by atoms with Crippen LogP contribution in [0.15, 0.2) is 54.4 Å². The number of amides is 1. The molecule has 7 nitrogen and oxygen atoms in total. The molecule has 0 bridgehead atoms. The summed E-state index contributed by atoms with van der Waals surface area (Å²) in [6, 6.07) is 9.92. The first kappa shape index (κ1) is 23.5. The maximum Gasteiger partial charge on any atom is 0.295 e. The Bertz CT molecular complexity index is 970. The number of nitrogens with zero attached hydrogens (tertiary/aromatic N) is 3. The van der Waals surface area contributed by atoms with Gasteiger partial charge in [-0.25, -0.2) is 0 Å². The van der Waals surface area contributed by atoms with Crippen LogP contribution in [0.2, 0.25) is 0 Å². The minimum absolute atomic E-state index is 0.0951. The third-order valence-corrected chi connectivity index (χ3v) is 5.75. The number of hydrogen-bond acceptors (Lipinski definition) is 6. The summed E-state index contributed by atoms with van der Waals surface area (Å²) in [6.07, 6.45) is 3.81. The first-order chi connectivity index (χ1) is 15.5. The van der Waals surface area contributed by atoms with E-state index in [9.17, 15) is 14.7 Å². The number of likely N-dealkylation sites (tertiary alicyclic amines) is 1. The molecule has 3 rings (SSSR count). The van der Waals surface area contributed by atoms with Crippen LogP contribution in [0.25, 0.3) is 5.76 Å². The highest BCUT2D eigenvalue weighted by atomic mass is 16.5. The average Bonchev–Trinajstić information content (AvgIpc) is 3.07. The van der Waals surface area contributed by atoms with E-state index >= 15 is 0 Å². The third-order valence-electron chi connectivity index (χ3n) is 5.75. The van der Waals surface area contributed by atoms with Gasteiger partial charge in [-0.2, -0.15) is 0 Å². The lowest BCUT2D eigenvalue weighted by molar-refractivity contribution is -0.140. The number of rotatable bonds is 10. The molecule has 2 heterocycles. The summed E-state index contributed by atoms with van der Waals surface area (Å²) in [7, 11) is 0. The predicted molar refractivity (Wildman–Crippen MR) is 123 cm³/mol. The molecule has 1 saturated heterocycles. The molecule has 1 amide bonds. The Balaban J connectivity index is 2.03. The Hall–Kier alpha value is -3.19. The van der Waals surface area contributed by atoms with E-state index in [1.165, 1.54) is 0 Å². The molecule has 1 atom stereocenters. The number of pyridine rings is 1. The first-order valence-electron chi connectivity index (χ1n) is 11.2. The number of benzene rings is 1. The molecule has 7 heteroatoms. The van der Waals surface area contributed by atoms with E-state index in [-0.39, 0.29) is 11.3 Å². The number of carbonyl (C=O) groups is 2. The normalized spacial score (nSPS) is 17.9. The quantitative estimate of drug-likeness (QED) is 0.347. The Labute approximate surface area is 189 Å². The van der Waals surface area contributed by atoms with Gasteiger partial charge in [0.05, 0.1) is 18.2 Å². The van der Waals surface area contributed by atoms with Gasteiger partial charge in [0.15, 0.2) is 0 Å². The fraction of sp³-hybridized carbons (Fsp3) is 0.400. The van der Waals surface area contributed by atoms with Gasteiger partial charge in [-0.3, -0.25) is 14.6 Å². The third kappa shape index (κ3) is 4.99. The first-order valence-corrected chi connectivity index (χ1v) is 11.2. The Kier molecular flexibility index (Phi) is 8.00. The Morgan fingerprint density at radius 2 is 1.84 bits per heavy atom. The summed E-state index contributed by atoms with van der Waals surface area (Å²) in [6.45, 7) is 9.70. The van der Waals surface area contributed by atoms with Gasteiger partial charge in [-0.05, 0) is 62.8 Å². The molecule has 1 fully saturated rings. The highest BCUT2D eigenvalue weighted by Gasteiger charge is 2.45. The van der Waals surface area contributed by atoms with Crippen LogP contribution in [0.3, 0.4) is 0 Å². The lowest BCUT2D eigenvalue weighted by atomic mass is 9.95. The molecule has 0 spiro atoms. The zero-order valence-corrected chi connectivity index (χ0v) is 19.0. The summed E-state index contributed by atoms with van der Waals surface area (Å²) in [4.78, 5) is 33.9. The van der Waals surface area contributed by atoms with Gasteiger partial charge in [-0.1, -0.05) is 26.0 Å². The number of ether oxygens (including phenoxy) is 1. The van der Waals surface area contributed by atoms with Crippen molar-refractivity contribution in [2.24, 2.45) is 0 Å². The summed E-state index contributed by atoms with van der Waals surface area (Å²) in [5.74, 6) is -0.799. The second kappa shape index (κ2) is 10.9. The lowest BCUT2D eigenvalue weighted by Gasteiger charge is -2.27. The Morgan fingerprint density at radius 1 is 1.12 bits per heavy atom. The monoisotopic (exact) mass is 437 g/mol. The zero-order chi connectivity index (χ0) is 23.1. The fourth-order valence-corrected chi connectivity index (χ4v) is 4.07. The van der Waals surface area contributed by atoms with Crippen molar-refractivity contribution in [1.29, 1.82) is 0 Å². The number of hydrogen-bond donors (Lipinski definition) is 1. The molecule has 1 aliphatic heterocycles. The zero-order valence-electron chi connectivity index (χ0n) is 19.0. The topological polar surface area (TPSA) is 83.0 Å². The van der Waals surface area contributed by atoms with Crippen molar-refractivity contribution in [3.8, 4) is 5.75 Å². The van der Waals surface area contributed by atoms with E-state index in [2.05, 4.69) is 23.7 Å². The molecule has 1 aromatic heterocycles. The van der Waals surface area contributed by atoms with E-state index in [0.717, 1.165) is 31.6 Å². The molecule has 32 heavy (non-hydrogen) atoms. The summed E-state index contributed by atoms with van der Waals surface area (Å²) < 4.78 is 5.64. The molecule has 0 radical (unpaired) electrons. The second-order valence-electron chi connectivity index (χ2n) is 7.61. The summed E-state index contributed by atoms with van der Waals surface area (Å²) >= 11 is 0. The van der Waals surface area contributed by atoms with Gasteiger partial charge in [-0.15, -0.1) is 0 Å². The number of aliphatic hydroxyl groups is 1. The van der Waals surface area contributed by atoms with Crippen LogP contribution in [0.4, 0.5) is 0 Å². The number of carbonyl (C=O) groups excluding carboxylic acids is 2. The number of aliphatic hydroxyl groups excluding tert-OH is 1. The van der Waals surface area contributed by atoms with Crippen LogP contribution in [0, 0.1) is 0 Å². The average molecular weight is 438 g/mol. The fourth-order valence-electron chi connectivity index (χ4n) is 4.07. The smallest absolute Gasteiger partial charge is 0.295 e. The predicted octanol–water partition coefficient (Wildman–Crippen LogP) is 3.63. The van der Waals surface area contributed by atoms with Gasteiger partial charge in [0.2, 0.25) is 0 Å². The molecular formula is C25H31N3O4. The van der Waals surface area contributed by atoms with E-state index in [0.29, 0.717) is 24.5 Å². The van der Waals surface area contributed by atoms with Crippen molar-refractivity contribution in [2.45, 2.75) is 33.2 Å². The number of aromatic nitrogens is 1. The van der Waals surface area contributed by atoms with Gasteiger partial charge < -0.3 is 19.6 Å². The SMILES string of the molecule is CCOc1cccc(C2/C(=C(\O)c3ccncc3)C(=O)C(=O)N2CCCN(CC)CC)c1. The Morgan fingerprint density at radius 3 is 2.50 bits per heavy atom. The van der Waals surface area contributed by atoms with Crippen molar-refractivity contribution in [3.63, 3.8) is 0 Å². The minimum atomic E-state index is -0.680. The van der Waals surface area contributed by atoms with Crippen LogP contribution in [0.5, 0.6) is 5.75 Å². The summed E-state index contributed by atoms with van der Waals surface area (Å²) in [5, 5.41) is 11.0. The van der Waals surface area contributed by atoms with Crippen molar-refractivity contribution >= 4 is 17.4 Å². The van der Waals surface area contributed by atoms with E-state index in [1.807, 2.05) is 31.2 Å². The van der Waals surface area contributed by atoms with Crippen LogP contribution < -0.4 is 4.74 Å². The van der Waals surface area contributed by atoms with Gasteiger partial charge in [0, 0.05) is 24.5 Å². The van der Waals surface area contributed by atoms with Crippen LogP contribution in [-0.2, 0) is 9.59 Å². The van der Waals surface area contributed by atoms with Crippen LogP contribution >= 0.6 is 0 Å². The second-order valence-corrected chi connectivity index (χ2v) is 7.61. The van der Waals surface area contributed by atoms with Crippen molar-refractivity contribution < 1.29 is 19.4 Å². The van der Waals surface area contributed by atoms with E-state index in [1.54, 1.807) is 29.4 Å². The highest BCUT2D eigenvalue weighted by molar-refractivity contribution is 6.46. The highest BCUT2D eigenvalue weighted by Crippen LogP contribution is 2.40. The van der Waals surface area contributed by atoms with Crippen molar-refractivity contribution in [3.05, 3.63) is 65.5 Å². The number of ketones is 1. The molecular weight excluding hydrogens is 406 g/mol. The molecule has 0 saturated carbocycles. The molecule has 2 aromatic rings. The molecule has 1 N–H and O–H groups in total. The van der Waals surface area contributed by atoms with Crippen molar-refractivity contribution in [2.75, 3.05) is 32.8 Å². The molecule has 1 unspecified atom stereocenters. The largest absolute Gasteiger partial charge is 0.507 e. The number of Topliss-reactive ketones (excluding diaryl/α,β-unsaturated/α-hetero) is 1. The van der Waals surface area contributed by atoms with Crippen LogP contribution in [-0.4, -0.2) is 64.4 Å². The van der Waals surface area contributed by atoms with Crippen molar-refractivity contribution in [1.82, 2.24) is 14.8 Å².